The molecule has 0 saturated carbocycles. The zero-order chi connectivity index (χ0) is 21.5. The van der Waals surface area contributed by atoms with Gasteiger partial charge < -0.3 is 28.7 Å². The zero-order valence-electron chi connectivity index (χ0n) is 18.1. The lowest BCUT2D eigenvalue weighted by Crippen LogP contribution is -2.36. The molecule has 0 N–H and O–H groups in total. The third kappa shape index (κ3) is 5.16. The summed E-state index contributed by atoms with van der Waals surface area (Å²) in [5, 5.41) is 0. The zero-order valence-corrected chi connectivity index (χ0v) is 18.1. The molecule has 0 spiro atoms. The fourth-order valence-electron chi connectivity index (χ4n) is 3.54. The highest BCUT2D eigenvalue weighted by atomic mass is 16.5. The first-order valence-electron chi connectivity index (χ1n) is 10.00. The number of rotatable bonds is 8. The van der Waals surface area contributed by atoms with E-state index < -0.39 is 0 Å². The molecule has 2 aromatic rings. The lowest BCUT2D eigenvalue weighted by molar-refractivity contribution is -0.129. The number of ether oxygens (including phenoxy) is 4. The summed E-state index contributed by atoms with van der Waals surface area (Å²) in [5.41, 5.74) is 3.09. The van der Waals surface area contributed by atoms with E-state index in [9.17, 15) is 4.79 Å². The standard InChI is InChI=1S/C23H30N2O5/c1-24(16-17-5-7-19(8-6-17)25-9-11-30-12-10-25)22(26)15-18-13-20(27-2)23(29-4)21(14-18)28-3/h5-8,13-14H,9-12,15-16H2,1-4H3. The average Bonchev–Trinajstić information content (AvgIpc) is 2.79. The van der Waals surface area contributed by atoms with Crippen LogP contribution in [0.5, 0.6) is 17.2 Å². The van der Waals surface area contributed by atoms with Gasteiger partial charge in [0.2, 0.25) is 11.7 Å². The number of benzene rings is 2. The summed E-state index contributed by atoms with van der Waals surface area (Å²) in [5.74, 6) is 1.62. The molecule has 162 valence electrons. The van der Waals surface area contributed by atoms with Gasteiger partial charge in [0.15, 0.2) is 11.5 Å². The van der Waals surface area contributed by atoms with Crippen molar-refractivity contribution in [1.29, 1.82) is 0 Å². The highest BCUT2D eigenvalue weighted by Gasteiger charge is 2.17. The average molecular weight is 415 g/mol. The van der Waals surface area contributed by atoms with Crippen molar-refractivity contribution in [2.45, 2.75) is 13.0 Å². The van der Waals surface area contributed by atoms with Crippen molar-refractivity contribution in [1.82, 2.24) is 4.90 Å². The maximum Gasteiger partial charge on any atom is 0.227 e. The molecule has 1 heterocycles. The van der Waals surface area contributed by atoms with Crippen molar-refractivity contribution < 1.29 is 23.7 Å². The lowest BCUT2D eigenvalue weighted by atomic mass is 10.1. The summed E-state index contributed by atoms with van der Waals surface area (Å²) in [6, 6.07) is 12.0. The summed E-state index contributed by atoms with van der Waals surface area (Å²) < 4.78 is 21.5. The van der Waals surface area contributed by atoms with Gasteiger partial charge in [0.25, 0.3) is 0 Å². The lowest BCUT2D eigenvalue weighted by Gasteiger charge is -2.29. The molecule has 1 amide bonds. The number of carbonyl (C=O) groups excluding carboxylic acids is 1. The maximum absolute atomic E-state index is 12.8. The molecule has 0 aliphatic carbocycles. The van der Waals surface area contributed by atoms with Crippen molar-refractivity contribution in [3.8, 4) is 17.2 Å². The second-order valence-electron chi connectivity index (χ2n) is 7.23. The van der Waals surface area contributed by atoms with Gasteiger partial charge in [-0.1, -0.05) is 12.1 Å². The van der Waals surface area contributed by atoms with Crippen LogP contribution in [0.4, 0.5) is 5.69 Å². The van der Waals surface area contributed by atoms with Crippen molar-refractivity contribution in [3.05, 3.63) is 47.5 Å². The number of anilines is 1. The van der Waals surface area contributed by atoms with Crippen LogP contribution in [0.3, 0.4) is 0 Å². The van der Waals surface area contributed by atoms with Gasteiger partial charge in [-0.3, -0.25) is 4.79 Å². The number of likely N-dealkylation sites (N-methyl/N-ethyl adjacent to an activating group) is 1. The normalized spacial score (nSPS) is 13.7. The molecule has 7 heteroatoms. The Bertz CT molecular complexity index is 822. The second kappa shape index (κ2) is 10.2. The number of methoxy groups -OCH3 is 3. The molecule has 1 aliphatic rings. The first-order chi connectivity index (χ1) is 14.5. The fourth-order valence-corrected chi connectivity index (χ4v) is 3.54. The SMILES string of the molecule is COc1cc(CC(=O)N(C)Cc2ccc(N3CCOCC3)cc2)cc(OC)c1OC. The van der Waals surface area contributed by atoms with Gasteiger partial charge in [0, 0.05) is 32.4 Å². The predicted octanol–water partition coefficient (Wildman–Crippen LogP) is 2.75. The minimum absolute atomic E-state index is 0.0153. The Balaban J connectivity index is 1.63. The molecule has 0 atom stereocenters. The maximum atomic E-state index is 12.8. The molecule has 1 saturated heterocycles. The third-order valence-electron chi connectivity index (χ3n) is 5.24. The Kier molecular flexibility index (Phi) is 7.41. The van der Waals surface area contributed by atoms with Gasteiger partial charge in [-0.25, -0.2) is 0 Å². The molecule has 7 nitrogen and oxygen atoms in total. The molecule has 1 fully saturated rings. The molecular formula is C23H30N2O5. The Hall–Kier alpha value is -2.93. The number of hydrogen-bond acceptors (Lipinski definition) is 6. The molecule has 30 heavy (non-hydrogen) atoms. The van der Waals surface area contributed by atoms with Crippen LogP contribution in [0, 0.1) is 0 Å². The molecular weight excluding hydrogens is 384 g/mol. The summed E-state index contributed by atoms with van der Waals surface area (Å²) in [6.45, 7) is 3.89. The molecule has 0 unspecified atom stereocenters. The molecule has 3 rings (SSSR count). The number of morpholine rings is 1. The minimum Gasteiger partial charge on any atom is -0.493 e. The monoisotopic (exact) mass is 414 g/mol. The largest absolute Gasteiger partial charge is 0.493 e. The van der Waals surface area contributed by atoms with E-state index in [1.54, 1.807) is 26.2 Å². The topological polar surface area (TPSA) is 60.5 Å². The first-order valence-corrected chi connectivity index (χ1v) is 10.00. The van der Waals surface area contributed by atoms with Crippen LogP contribution in [-0.2, 0) is 22.5 Å². The molecule has 1 aliphatic heterocycles. The van der Waals surface area contributed by atoms with Crippen LogP contribution < -0.4 is 19.1 Å². The van der Waals surface area contributed by atoms with Gasteiger partial charge >= 0.3 is 0 Å². The highest BCUT2D eigenvalue weighted by molar-refractivity contribution is 5.79. The van der Waals surface area contributed by atoms with E-state index in [0.717, 1.165) is 37.4 Å². The Morgan fingerprint density at radius 3 is 2.10 bits per heavy atom. The van der Waals surface area contributed by atoms with Crippen molar-refractivity contribution >= 4 is 11.6 Å². The number of amides is 1. The smallest absolute Gasteiger partial charge is 0.227 e. The molecule has 0 bridgehead atoms. The van der Waals surface area contributed by atoms with Gasteiger partial charge in [-0.15, -0.1) is 0 Å². The van der Waals surface area contributed by atoms with E-state index in [1.165, 1.54) is 5.69 Å². The Morgan fingerprint density at radius 2 is 1.57 bits per heavy atom. The number of hydrogen-bond donors (Lipinski definition) is 0. The van der Waals surface area contributed by atoms with Crippen LogP contribution in [0.25, 0.3) is 0 Å². The predicted molar refractivity (Wildman–Crippen MR) is 116 cm³/mol. The van der Waals surface area contributed by atoms with Crippen LogP contribution in [-0.4, -0.2) is 65.5 Å². The van der Waals surface area contributed by atoms with E-state index in [4.69, 9.17) is 18.9 Å². The van der Waals surface area contributed by atoms with Crippen LogP contribution in [0.1, 0.15) is 11.1 Å². The second-order valence-corrected chi connectivity index (χ2v) is 7.23. The minimum atomic E-state index is 0.0153. The number of nitrogens with zero attached hydrogens (tertiary/aromatic N) is 2. The summed E-state index contributed by atoms with van der Waals surface area (Å²) in [7, 11) is 6.50. The van der Waals surface area contributed by atoms with Gasteiger partial charge in [0.05, 0.1) is 41.0 Å². The van der Waals surface area contributed by atoms with Crippen molar-refractivity contribution in [2.24, 2.45) is 0 Å². The van der Waals surface area contributed by atoms with Crippen LogP contribution in [0.15, 0.2) is 36.4 Å². The Morgan fingerprint density at radius 1 is 0.967 bits per heavy atom. The first kappa shape index (κ1) is 21.8. The summed E-state index contributed by atoms with van der Waals surface area (Å²) in [6.07, 6.45) is 0.249. The highest BCUT2D eigenvalue weighted by Crippen LogP contribution is 2.38. The Labute approximate surface area is 178 Å². The summed E-state index contributed by atoms with van der Waals surface area (Å²) >= 11 is 0. The van der Waals surface area contributed by atoms with E-state index in [1.807, 2.05) is 19.2 Å². The fraction of sp³-hybridized carbons (Fsp3) is 0.435. The van der Waals surface area contributed by atoms with E-state index in [2.05, 4.69) is 29.2 Å². The molecule has 2 aromatic carbocycles. The number of carbonyl (C=O) groups is 1. The third-order valence-corrected chi connectivity index (χ3v) is 5.24. The quantitative estimate of drug-likeness (QED) is 0.662. The summed E-state index contributed by atoms with van der Waals surface area (Å²) in [4.78, 5) is 16.8. The van der Waals surface area contributed by atoms with E-state index >= 15 is 0 Å². The molecule has 0 radical (unpaired) electrons. The van der Waals surface area contributed by atoms with Crippen LogP contribution >= 0.6 is 0 Å². The van der Waals surface area contributed by atoms with E-state index in [-0.39, 0.29) is 12.3 Å². The van der Waals surface area contributed by atoms with E-state index in [0.29, 0.717) is 23.8 Å². The van der Waals surface area contributed by atoms with Gasteiger partial charge in [-0.2, -0.15) is 0 Å². The molecule has 0 aromatic heterocycles. The van der Waals surface area contributed by atoms with Crippen molar-refractivity contribution in [2.75, 3.05) is 59.6 Å². The van der Waals surface area contributed by atoms with Crippen LogP contribution in [0.2, 0.25) is 0 Å². The van der Waals surface area contributed by atoms with Gasteiger partial charge in [-0.05, 0) is 35.4 Å². The van der Waals surface area contributed by atoms with Crippen molar-refractivity contribution in [3.63, 3.8) is 0 Å². The van der Waals surface area contributed by atoms with Gasteiger partial charge in [0.1, 0.15) is 0 Å².